The van der Waals surface area contributed by atoms with E-state index in [2.05, 4.69) is 30.8 Å². The lowest BCUT2D eigenvalue weighted by molar-refractivity contribution is 0.266. The van der Waals surface area contributed by atoms with Crippen LogP contribution < -0.4 is 10.0 Å². The van der Waals surface area contributed by atoms with E-state index in [9.17, 15) is 8.42 Å². The van der Waals surface area contributed by atoms with Crippen LogP contribution in [0.15, 0.2) is 0 Å². The number of piperidine rings is 1. The van der Waals surface area contributed by atoms with Crippen molar-refractivity contribution in [2.45, 2.75) is 52.9 Å². The molecule has 1 fully saturated rings. The Labute approximate surface area is 131 Å². The maximum atomic E-state index is 12.2. The number of rotatable bonds is 10. The molecule has 0 aromatic carbocycles. The van der Waals surface area contributed by atoms with Crippen molar-refractivity contribution in [3.05, 3.63) is 0 Å². The molecule has 0 aromatic rings. The van der Waals surface area contributed by atoms with Crippen molar-refractivity contribution in [3.63, 3.8) is 0 Å². The third kappa shape index (κ3) is 7.58. The fraction of sp³-hybridized carbons (Fsp3) is 1.00. The summed E-state index contributed by atoms with van der Waals surface area (Å²) in [6, 6.07) is 0. The summed E-state index contributed by atoms with van der Waals surface area (Å²) < 4.78 is 28.8. The first-order chi connectivity index (χ1) is 9.95. The largest absolute Gasteiger partial charge is 0.317 e. The zero-order valence-corrected chi connectivity index (χ0v) is 14.7. The van der Waals surface area contributed by atoms with E-state index in [1.165, 1.54) is 0 Å². The molecule has 0 bridgehead atoms. The Morgan fingerprint density at radius 3 is 2.43 bits per heavy atom. The van der Waals surface area contributed by atoms with E-state index in [-0.39, 0.29) is 0 Å². The topological polar surface area (TPSA) is 61.4 Å². The molecule has 0 saturated carbocycles. The maximum absolute atomic E-state index is 12.2. The molecule has 1 aliphatic rings. The van der Waals surface area contributed by atoms with Gasteiger partial charge in [-0.3, -0.25) is 0 Å². The lowest BCUT2D eigenvalue weighted by atomic mass is 9.98. The molecule has 5 nitrogen and oxygen atoms in total. The number of hydrogen-bond donors (Lipinski definition) is 2. The zero-order chi connectivity index (χ0) is 15.7. The Morgan fingerprint density at radius 2 is 1.86 bits per heavy atom. The molecule has 0 aliphatic carbocycles. The van der Waals surface area contributed by atoms with Crippen LogP contribution in [-0.4, -0.2) is 45.4 Å². The second-order valence-electron chi connectivity index (χ2n) is 6.44. The average molecular weight is 320 g/mol. The molecule has 6 heteroatoms. The molecular formula is C15H33N3O2S. The summed E-state index contributed by atoms with van der Waals surface area (Å²) in [5, 5.41) is 3.35. The summed E-state index contributed by atoms with van der Waals surface area (Å²) in [5.41, 5.74) is 0. The molecule has 126 valence electrons. The molecule has 2 N–H and O–H groups in total. The van der Waals surface area contributed by atoms with Gasteiger partial charge in [0.05, 0.1) is 0 Å². The fourth-order valence-electron chi connectivity index (χ4n) is 2.67. The summed E-state index contributed by atoms with van der Waals surface area (Å²) >= 11 is 0. The lowest BCUT2D eigenvalue weighted by Gasteiger charge is -2.31. The second kappa shape index (κ2) is 9.77. The van der Waals surface area contributed by atoms with Gasteiger partial charge in [-0.15, -0.1) is 0 Å². The van der Waals surface area contributed by atoms with Crippen molar-refractivity contribution in [2.24, 2.45) is 11.8 Å². The molecule has 0 amide bonds. The minimum atomic E-state index is -3.27. The van der Waals surface area contributed by atoms with Crippen LogP contribution >= 0.6 is 0 Å². The highest BCUT2D eigenvalue weighted by molar-refractivity contribution is 7.87. The van der Waals surface area contributed by atoms with E-state index in [4.69, 9.17) is 0 Å². The Bertz CT molecular complexity index is 363. The van der Waals surface area contributed by atoms with Crippen molar-refractivity contribution in [3.8, 4) is 0 Å². The Morgan fingerprint density at radius 1 is 1.19 bits per heavy atom. The van der Waals surface area contributed by atoms with Crippen molar-refractivity contribution in [1.82, 2.24) is 14.3 Å². The van der Waals surface area contributed by atoms with Crippen LogP contribution in [0.4, 0.5) is 0 Å². The van der Waals surface area contributed by atoms with Gasteiger partial charge in [-0.1, -0.05) is 33.6 Å². The molecule has 1 aliphatic heterocycles. The quantitative estimate of drug-likeness (QED) is 0.605. The van der Waals surface area contributed by atoms with Crippen LogP contribution in [0.5, 0.6) is 0 Å². The Balaban J connectivity index is 2.23. The lowest BCUT2D eigenvalue weighted by Crippen LogP contribution is -2.46. The molecule has 1 heterocycles. The van der Waals surface area contributed by atoms with Crippen LogP contribution in [0.25, 0.3) is 0 Å². The number of hydrogen-bond acceptors (Lipinski definition) is 3. The first kappa shape index (κ1) is 18.9. The maximum Gasteiger partial charge on any atom is 0.279 e. The smallest absolute Gasteiger partial charge is 0.279 e. The van der Waals surface area contributed by atoms with E-state index in [1.807, 2.05) is 0 Å². The van der Waals surface area contributed by atoms with Gasteiger partial charge in [-0.25, -0.2) is 4.72 Å². The van der Waals surface area contributed by atoms with Crippen LogP contribution in [0.3, 0.4) is 0 Å². The average Bonchev–Trinajstić information content (AvgIpc) is 2.44. The van der Waals surface area contributed by atoms with Crippen LogP contribution in [0.2, 0.25) is 0 Å². The van der Waals surface area contributed by atoms with Crippen molar-refractivity contribution in [2.75, 3.05) is 32.7 Å². The van der Waals surface area contributed by atoms with Gasteiger partial charge in [0.2, 0.25) is 0 Å². The van der Waals surface area contributed by atoms with E-state index < -0.39 is 10.2 Å². The van der Waals surface area contributed by atoms with Gasteiger partial charge in [0.15, 0.2) is 0 Å². The monoisotopic (exact) mass is 319 g/mol. The van der Waals surface area contributed by atoms with E-state index in [0.29, 0.717) is 31.5 Å². The zero-order valence-electron chi connectivity index (χ0n) is 13.9. The highest BCUT2D eigenvalue weighted by Crippen LogP contribution is 2.18. The van der Waals surface area contributed by atoms with E-state index in [1.54, 1.807) is 4.31 Å². The van der Waals surface area contributed by atoms with Gasteiger partial charge in [0, 0.05) is 19.6 Å². The minimum Gasteiger partial charge on any atom is -0.317 e. The summed E-state index contributed by atoms with van der Waals surface area (Å²) in [6.45, 7) is 10.3. The van der Waals surface area contributed by atoms with Crippen molar-refractivity contribution < 1.29 is 8.42 Å². The second-order valence-corrected chi connectivity index (χ2v) is 8.19. The minimum absolute atomic E-state index is 0.562. The summed E-state index contributed by atoms with van der Waals surface area (Å²) in [6.07, 6.45) is 5.10. The molecule has 0 spiro atoms. The predicted octanol–water partition coefficient (Wildman–Crippen LogP) is 1.97. The number of nitrogens with one attached hydrogen (secondary N) is 2. The Kier molecular flexibility index (Phi) is 8.78. The van der Waals surface area contributed by atoms with Gasteiger partial charge >= 0.3 is 0 Å². The fourth-order valence-corrected chi connectivity index (χ4v) is 3.95. The summed E-state index contributed by atoms with van der Waals surface area (Å²) in [4.78, 5) is 0. The number of nitrogens with zero attached hydrogens (tertiary/aromatic N) is 1. The number of unbranched alkanes of at least 4 members (excludes halogenated alkanes) is 1. The standard InChI is InChI=1S/C15H33N3O2S/c1-4-16-13-15-8-11-18(12-9-15)21(19,20)17-10-6-5-7-14(2)3/h14-17H,4-13H2,1-3H3. The van der Waals surface area contributed by atoms with Crippen LogP contribution in [0.1, 0.15) is 52.9 Å². The first-order valence-electron chi connectivity index (χ1n) is 8.41. The third-order valence-corrected chi connectivity index (χ3v) is 5.70. The van der Waals surface area contributed by atoms with E-state index in [0.717, 1.165) is 45.2 Å². The molecular weight excluding hydrogens is 286 g/mol. The van der Waals surface area contributed by atoms with Crippen LogP contribution in [0, 0.1) is 11.8 Å². The molecule has 0 aromatic heterocycles. The summed E-state index contributed by atoms with van der Waals surface area (Å²) in [7, 11) is -3.27. The van der Waals surface area contributed by atoms with Gasteiger partial charge in [0.1, 0.15) is 0 Å². The highest BCUT2D eigenvalue weighted by atomic mass is 32.2. The van der Waals surface area contributed by atoms with Gasteiger partial charge in [-0.2, -0.15) is 12.7 Å². The molecule has 21 heavy (non-hydrogen) atoms. The van der Waals surface area contributed by atoms with E-state index >= 15 is 0 Å². The third-order valence-electron chi connectivity index (χ3n) is 4.09. The molecule has 1 rings (SSSR count). The molecule has 0 atom stereocenters. The van der Waals surface area contributed by atoms with Crippen LogP contribution in [-0.2, 0) is 10.2 Å². The van der Waals surface area contributed by atoms with Gasteiger partial charge < -0.3 is 5.32 Å². The van der Waals surface area contributed by atoms with Crippen molar-refractivity contribution in [1.29, 1.82) is 0 Å². The normalized spacial score (nSPS) is 18.5. The highest BCUT2D eigenvalue weighted by Gasteiger charge is 2.27. The summed E-state index contributed by atoms with van der Waals surface area (Å²) in [5.74, 6) is 1.31. The first-order valence-corrected chi connectivity index (χ1v) is 9.85. The van der Waals surface area contributed by atoms with Crippen molar-refractivity contribution >= 4 is 10.2 Å². The van der Waals surface area contributed by atoms with Gasteiger partial charge in [0.25, 0.3) is 10.2 Å². The molecule has 0 unspecified atom stereocenters. The SMILES string of the molecule is CCNCC1CCN(S(=O)(=O)NCCCCC(C)C)CC1. The van der Waals surface area contributed by atoms with Gasteiger partial charge in [-0.05, 0) is 44.2 Å². The molecule has 1 saturated heterocycles. The predicted molar refractivity (Wildman–Crippen MR) is 88.5 cm³/mol. The molecule has 0 radical (unpaired) electrons. The Hall–Kier alpha value is -0.170.